The molecule has 0 bridgehead atoms. The quantitative estimate of drug-likeness (QED) is 0.759. The van der Waals surface area contributed by atoms with Gasteiger partial charge < -0.3 is 5.32 Å². The van der Waals surface area contributed by atoms with Crippen molar-refractivity contribution in [2.45, 2.75) is 13.8 Å². The van der Waals surface area contributed by atoms with E-state index in [1.54, 1.807) is 44.2 Å². The second-order valence-corrected chi connectivity index (χ2v) is 6.26. The third-order valence-corrected chi connectivity index (χ3v) is 4.02. The fraction of sp³-hybridized carbons (Fsp3) is 0.105. The van der Waals surface area contributed by atoms with Crippen molar-refractivity contribution >= 4 is 23.2 Å². The summed E-state index contributed by atoms with van der Waals surface area (Å²) in [5, 5.41) is 7.09. The highest BCUT2D eigenvalue weighted by molar-refractivity contribution is 6.30. The molecule has 26 heavy (non-hydrogen) atoms. The van der Waals surface area contributed by atoms with Gasteiger partial charge in [0.05, 0.1) is 11.4 Å². The molecule has 1 N–H and O–H groups in total. The molecular weight excluding hydrogens is 357 g/mol. The van der Waals surface area contributed by atoms with Gasteiger partial charge >= 0.3 is 0 Å². The van der Waals surface area contributed by atoms with E-state index in [1.165, 1.54) is 22.9 Å². The van der Waals surface area contributed by atoms with E-state index in [0.29, 0.717) is 16.4 Å². The SMILES string of the molecule is Cc1ccc(NC(=O)c2nn(-c3ccc(Cl)cc3)c(C)cc2=O)c(F)c1. The molecule has 0 radical (unpaired) electrons. The molecule has 1 aromatic heterocycles. The lowest BCUT2D eigenvalue weighted by Crippen LogP contribution is -2.27. The topological polar surface area (TPSA) is 64.0 Å². The average Bonchev–Trinajstić information content (AvgIpc) is 2.58. The third kappa shape index (κ3) is 3.65. The Kier molecular flexibility index (Phi) is 4.86. The van der Waals surface area contributed by atoms with Crippen LogP contribution in [-0.4, -0.2) is 15.7 Å². The summed E-state index contributed by atoms with van der Waals surface area (Å²) in [7, 11) is 0. The second kappa shape index (κ2) is 7.09. The molecule has 1 heterocycles. The maximum atomic E-state index is 13.9. The Morgan fingerprint density at radius 1 is 1.12 bits per heavy atom. The van der Waals surface area contributed by atoms with E-state index in [1.807, 2.05) is 0 Å². The van der Waals surface area contributed by atoms with Crippen LogP contribution in [0.15, 0.2) is 53.3 Å². The first kappa shape index (κ1) is 17.8. The van der Waals surface area contributed by atoms with Crippen LogP contribution in [0.3, 0.4) is 0 Å². The van der Waals surface area contributed by atoms with E-state index in [-0.39, 0.29) is 11.4 Å². The molecule has 0 unspecified atom stereocenters. The summed E-state index contributed by atoms with van der Waals surface area (Å²) in [5.74, 6) is -1.36. The van der Waals surface area contributed by atoms with Gasteiger partial charge in [-0.05, 0) is 55.8 Å². The maximum absolute atomic E-state index is 13.9. The number of hydrogen-bond donors (Lipinski definition) is 1. The van der Waals surface area contributed by atoms with Gasteiger partial charge in [0.1, 0.15) is 5.82 Å². The van der Waals surface area contributed by atoms with Crippen LogP contribution in [0.1, 0.15) is 21.7 Å². The highest BCUT2D eigenvalue weighted by Crippen LogP contribution is 2.17. The number of anilines is 1. The lowest BCUT2D eigenvalue weighted by atomic mass is 10.2. The van der Waals surface area contributed by atoms with Gasteiger partial charge in [0.25, 0.3) is 5.91 Å². The Hall–Kier alpha value is -2.99. The molecule has 3 rings (SSSR count). The number of carbonyl (C=O) groups is 1. The van der Waals surface area contributed by atoms with Gasteiger partial charge in [0.15, 0.2) is 5.69 Å². The molecule has 7 heteroatoms. The van der Waals surface area contributed by atoms with E-state index in [4.69, 9.17) is 11.6 Å². The minimum atomic E-state index is -0.777. The van der Waals surface area contributed by atoms with Crippen LogP contribution in [0.4, 0.5) is 10.1 Å². The molecule has 132 valence electrons. The predicted molar refractivity (Wildman–Crippen MR) is 98.7 cm³/mol. The molecular formula is C19H15ClFN3O2. The number of carbonyl (C=O) groups excluding carboxylic acids is 1. The number of nitrogens with one attached hydrogen (secondary N) is 1. The Morgan fingerprint density at radius 3 is 2.46 bits per heavy atom. The highest BCUT2D eigenvalue weighted by Gasteiger charge is 2.17. The molecule has 5 nitrogen and oxygen atoms in total. The number of nitrogens with zero attached hydrogens (tertiary/aromatic N) is 2. The van der Waals surface area contributed by atoms with E-state index in [2.05, 4.69) is 10.4 Å². The fourth-order valence-electron chi connectivity index (χ4n) is 2.45. The number of halogens is 2. The Balaban J connectivity index is 1.99. The van der Waals surface area contributed by atoms with Crippen LogP contribution in [0, 0.1) is 19.7 Å². The van der Waals surface area contributed by atoms with Crippen molar-refractivity contribution in [3.63, 3.8) is 0 Å². The van der Waals surface area contributed by atoms with Gasteiger partial charge in [-0.3, -0.25) is 9.59 Å². The standard InChI is InChI=1S/C19H15ClFN3O2/c1-11-3-8-16(15(21)9-11)22-19(26)18-17(25)10-12(2)24(23-18)14-6-4-13(20)5-7-14/h3-10H,1-2H3,(H,22,26). The average molecular weight is 372 g/mol. The lowest BCUT2D eigenvalue weighted by molar-refractivity contribution is 0.101. The number of amides is 1. The summed E-state index contributed by atoms with van der Waals surface area (Å²) in [4.78, 5) is 24.6. The molecule has 1 amide bonds. The first-order valence-corrected chi connectivity index (χ1v) is 8.17. The summed E-state index contributed by atoms with van der Waals surface area (Å²) in [6.45, 7) is 3.44. The Morgan fingerprint density at radius 2 is 1.81 bits per heavy atom. The largest absolute Gasteiger partial charge is 0.318 e. The molecule has 0 saturated heterocycles. The number of rotatable bonds is 3. The van der Waals surface area contributed by atoms with Crippen molar-refractivity contribution in [1.82, 2.24) is 9.78 Å². The summed E-state index contributed by atoms with van der Waals surface area (Å²) in [6, 6.07) is 12.5. The van der Waals surface area contributed by atoms with Crippen LogP contribution in [0.5, 0.6) is 0 Å². The van der Waals surface area contributed by atoms with Crippen LogP contribution >= 0.6 is 11.6 Å². The number of aryl methyl sites for hydroxylation is 2. The van der Waals surface area contributed by atoms with E-state index >= 15 is 0 Å². The molecule has 0 aliphatic rings. The smallest absolute Gasteiger partial charge is 0.280 e. The molecule has 0 spiro atoms. The number of hydrogen-bond acceptors (Lipinski definition) is 3. The summed E-state index contributed by atoms with van der Waals surface area (Å²) in [5.41, 5.74) is 1.03. The van der Waals surface area contributed by atoms with Gasteiger partial charge in [-0.1, -0.05) is 17.7 Å². The first-order valence-electron chi connectivity index (χ1n) is 7.79. The third-order valence-electron chi connectivity index (χ3n) is 3.77. The van der Waals surface area contributed by atoms with Crippen LogP contribution in [0.25, 0.3) is 5.69 Å². The van der Waals surface area contributed by atoms with Crippen molar-refractivity contribution in [3.8, 4) is 5.69 Å². The molecule has 2 aromatic carbocycles. The second-order valence-electron chi connectivity index (χ2n) is 5.82. The van der Waals surface area contributed by atoms with Gasteiger partial charge in [0, 0.05) is 16.8 Å². The summed E-state index contributed by atoms with van der Waals surface area (Å²) in [6.07, 6.45) is 0. The zero-order valence-electron chi connectivity index (χ0n) is 14.1. The van der Waals surface area contributed by atoms with Crippen LogP contribution in [-0.2, 0) is 0 Å². The molecule has 0 fully saturated rings. The zero-order chi connectivity index (χ0) is 18.8. The Bertz CT molecular complexity index is 1050. The lowest BCUT2D eigenvalue weighted by Gasteiger charge is -2.12. The predicted octanol–water partition coefficient (Wildman–Crippen LogP) is 3.89. The van der Waals surface area contributed by atoms with Crippen LogP contribution in [0.2, 0.25) is 5.02 Å². The zero-order valence-corrected chi connectivity index (χ0v) is 14.8. The summed E-state index contributed by atoms with van der Waals surface area (Å²) >= 11 is 5.88. The molecule has 0 aliphatic heterocycles. The van der Waals surface area contributed by atoms with Crippen LogP contribution < -0.4 is 10.7 Å². The number of aromatic nitrogens is 2. The maximum Gasteiger partial charge on any atom is 0.280 e. The van der Waals surface area contributed by atoms with Crippen molar-refractivity contribution in [1.29, 1.82) is 0 Å². The fourth-order valence-corrected chi connectivity index (χ4v) is 2.58. The van der Waals surface area contributed by atoms with Crippen molar-refractivity contribution in [2.75, 3.05) is 5.32 Å². The minimum Gasteiger partial charge on any atom is -0.318 e. The summed E-state index contributed by atoms with van der Waals surface area (Å²) < 4.78 is 15.4. The molecule has 0 saturated carbocycles. The van der Waals surface area contributed by atoms with Gasteiger partial charge in [0.2, 0.25) is 5.43 Å². The Labute approximate surface area is 154 Å². The van der Waals surface area contributed by atoms with E-state index in [0.717, 1.165) is 5.56 Å². The normalized spacial score (nSPS) is 10.6. The van der Waals surface area contributed by atoms with Gasteiger partial charge in [-0.2, -0.15) is 5.10 Å². The molecule has 3 aromatic rings. The van der Waals surface area contributed by atoms with Crippen molar-refractivity contribution in [2.24, 2.45) is 0 Å². The van der Waals surface area contributed by atoms with Crippen molar-refractivity contribution in [3.05, 3.63) is 86.5 Å². The van der Waals surface area contributed by atoms with E-state index in [9.17, 15) is 14.0 Å². The monoisotopic (exact) mass is 371 g/mol. The highest BCUT2D eigenvalue weighted by atomic mass is 35.5. The van der Waals surface area contributed by atoms with E-state index < -0.39 is 17.2 Å². The number of benzene rings is 2. The first-order chi connectivity index (χ1) is 12.3. The molecule has 0 aliphatic carbocycles. The van der Waals surface area contributed by atoms with Crippen molar-refractivity contribution < 1.29 is 9.18 Å². The molecule has 0 atom stereocenters. The van der Waals surface area contributed by atoms with Gasteiger partial charge in [-0.15, -0.1) is 0 Å². The minimum absolute atomic E-state index is 0.0135. The van der Waals surface area contributed by atoms with Gasteiger partial charge in [-0.25, -0.2) is 9.07 Å².